The lowest BCUT2D eigenvalue weighted by atomic mass is 10.1. The molecule has 0 heterocycles. The van der Waals surface area contributed by atoms with Gasteiger partial charge in [-0.1, -0.05) is 6.92 Å². The van der Waals surface area contributed by atoms with Gasteiger partial charge < -0.3 is 10.1 Å². The number of carbonyl (C=O) groups is 3. The zero-order chi connectivity index (χ0) is 14.0. The van der Waals surface area contributed by atoms with E-state index >= 15 is 0 Å². The number of thiol groups is 1. The first kappa shape index (κ1) is 16.9. The number of Topliss-reactive ketones (excluding diaryl/α,β-unsaturated/α-hetero) is 1. The van der Waals surface area contributed by atoms with E-state index in [0.29, 0.717) is 6.42 Å². The average molecular weight is 276 g/mol. The van der Waals surface area contributed by atoms with Gasteiger partial charge in [-0.3, -0.25) is 20.1 Å². The van der Waals surface area contributed by atoms with E-state index in [1.165, 1.54) is 0 Å². The Morgan fingerprint density at radius 3 is 2.61 bits per heavy atom. The standard InChI is InChI=1S/C11H20N2O4S/c1-2-3-9(15)8(6-18)13-11(16)5-4-10(12)17-7-14/h7-8,10,18H,2-6,12H2,1H3,(H,13,16). The molecule has 0 aliphatic rings. The number of ether oxygens (including phenoxy) is 1. The molecule has 0 saturated carbocycles. The highest BCUT2D eigenvalue weighted by atomic mass is 32.1. The van der Waals surface area contributed by atoms with E-state index in [1.54, 1.807) is 0 Å². The predicted octanol–water partition coefficient (Wildman–Crippen LogP) is 0.00820. The number of amides is 1. The van der Waals surface area contributed by atoms with Crippen LogP contribution in [0.1, 0.15) is 32.6 Å². The molecule has 0 aromatic rings. The van der Waals surface area contributed by atoms with Crippen LogP contribution in [0.3, 0.4) is 0 Å². The van der Waals surface area contributed by atoms with Crippen molar-refractivity contribution in [3.8, 4) is 0 Å². The third-order valence-electron chi connectivity index (χ3n) is 2.29. The maximum Gasteiger partial charge on any atom is 0.294 e. The summed E-state index contributed by atoms with van der Waals surface area (Å²) in [5.74, 6) is -0.0701. The van der Waals surface area contributed by atoms with Gasteiger partial charge in [-0.25, -0.2) is 0 Å². The lowest BCUT2D eigenvalue weighted by molar-refractivity contribution is -0.135. The smallest absolute Gasteiger partial charge is 0.294 e. The Balaban J connectivity index is 4.03. The molecule has 6 nitrogen and oxygen atoms in total. The van der Waals surface area contributed by atoms with Crippen molar-refractivity contribution < 1.29 is 19.1 Å². The number of nitrogens with two attached hydrogens (primary N) is 1. The van der Waals surface area contributed by atoms with Crippen LogP contribution in [0, 0.1) is 0 Å². The number of nitrogens with one attached hydrogen (secondary N) is 1. The Bertz CT molecular complexity index is 286. The van der Waals surface area contributed by atoms with E-state index in [2.05, 4.69) is 22.7 Å². The summed E-state index contributed by atoms with van der Waals surface area (Å²) in [6.45, 7) is 2.13. The molecule has 2 atom stereocenters. The Hall–Kier alpha value is -1.08. The zero-order valence-electron chi connectivity index (χ0n) is 10.4. The molecule has 7 heteroatoms. The highest BCUT2D eigenvalue weighted by Crippen LogP contribution is 2.01. The Morgan fingerprint density at radius 2 is 2.11 bits per heavy atom. The van der Waals surface area contributed by atoms with Crippen LogP contribution >= 0.6 is 12.6 Å². The molecule has 0 bridgehead atoms. The van der Waals surface area contributed by atoms with Crippen molar-refractivity contribution in [3.63, 3.8) is 0 Å². The van der Waals surface area contributed by atoms with Gasteiger partial charge in [0.25, 0.3) is 6.47 Å². The first-order valence-corrected chi connectivity index (χ1v) is 6.46. The third-order valence-corrected chi connectivity index (χ3v) is 2.65. The van der Waals surface area contributed by atoms with Crippen molar-refractivity contribution in [1.29, 1.82) is 0 Å². The van der Waals surface area contributed by atoms with Gasteiger partial charge >= 0.3 is 0 Å². The normalized spacial score (nSPS) is 13.5. The average Bonchev–Trinajstić information content (AvgIpc) is 2.34. The van der Waals surface area contributed by atoms with E-state index < -0.39 is 12.3 Å². The summed E-state index contributed by atoms with van der Waals surface area (Å²) in [6.07, 6.45) is 0.662. The fourth-order valence-corrected chi connectivity index (χ4v) is 1.62. The molecule has 0 saturated heterocycles. The molecule has 104 valence electrons. The molecule has 0 aromatic carbocycles. The third kappa shape index (κ3) is 7.29. The second-order valence-electron chi connectivity index (χ2n) is 3.83. The molecule has 0 rings (SSSR count). The van der Waals surface area contributed by atoms with E-state index in [4.69, 9.17) is 5.73 Å². The minimum Gasteiger partial charge on any atom is -0.449 e. The molecule has 2 unspecified atom stereocenters. The van der Waals surface area contributed by atoms with Gasteiger partial charge in [0.2, 0.25) is 5.91 Å². The van der Waals surface area contributed by atoms with E-state index in [9.17, 15) is 14.4 Å². The maximum absolute atomic E-state index is 11.6. The van der Waals surface area contributed by atoms with Crippen LogP contribution in [0.25, 0.3) is 0 Å². The van der Waals surface area contributed by atoms with Gasteiger partial charge in [-0.15, -0.1) is 0 Å². The first-order chi connectivity index (χ1) is 8.54. The van der Waals surface area contributed by atoms with E-state index in [1.807, 2.05) is 6.92 Å². The molecule has 0 radical (unpaired) electrons. The monoisotopic (exact) mass is 276 g/mol. The summed E-state index contributed by atoms with van der Waals surface area (Å²) in [5.41, 5.74) is 5.39. The topological polar surface area (TPSA) is 98.5 Å². The number of rotatable bonds is 10. The summed E-state index contributed by atoms with van der Waals surface area (Å²) in [7, 11) is 0. The number of ketones is 1. The molecule has 0 spiro atoms. The summed E-state index contributed by atoms with van der Waals surface area (Å²) in [4.78, 5) is 33.1. The molecular formula is C11H20N2O4S. The Morgan fingerprint density at radius 1 is 1.44 bits per heavy atom. The summed E-state index contributed by atoms with van der Waals surface area (Å²) >= 11 is 4.03. The second-order valence-corrected chi connectivity index (χ2v) is 4.19. The fraction of sp³-hybridized carbons (Fsp3) is 0.727. The highest BCUT2D eigenvalue weighted by Gasteiger charge is 2.18. The number of carbonyl (C=O) groups excluding carboxylic acids is 3. The van der Waals surface area contributed by atoms with Crippen molar-refractivity contribution in [2.45, 2.75) is 44.9 Å². The van der Waals surface area contributed by atoms with Gasteiger partial charge in [-0.05, 0) is 6.42 Å². The molecular weight excluding hydrogens is 256 g/mol. The molecule has 0 aliphatic carbocycles. The molecule has 18 heavy (non-hydrogen) atoms. The van der Waals surface area contributed by atoms with Crippen LogP contribution in [-0.2, 0) is 19.1 Å². The summed E-state index contributed by atoms with van der Waals surface area (Å²) in [6, 6.07) is -0.566. The van der Waals surface area contributed by atoms with Crippen LogP contribution in [0.15, 0.2) is 0 Å². The largest absolute Gasteiger partial charge is 0.449 e. The highest BCUT2D eigenvalue weighted by molar-refractivity contribution is 7.80. The van der Waals surface area contributed by atoms with Crippen LogP contribution in [0.4, 0.5) is 0 Å². The van der Waals surface area contributed by atoms with E-state index in [-0.39, 0.29) is 36.8 Å². The second kappa shape index (κ2) is 9.90. The molecule has 0 fully saturated rings. The van der Waals surface area contributed by atoms with Gasteiger partial charge in [0.15, 0.2) is 12.0 Å². The Kier molecular flexibility index (Phi) is 9.31. The molecule has 0 aromatic heterocycles. The quantitative estimate of drug-likeness (QED) is 0.296. The van der Waals surface area contributed by atoms with Gasteiger partial charge in [0.05, 0.1) is 6.04 Å². The Labute approximate surface area is 112 Å². The van der Waals surface area contributed by atoms with Crippen LogP contribution in [0.2, 0.25) is 0 Å². The van der Waals surface area contributed by atoms with Crippen LogP contribution in [0.5, 0.6) is 0 Å². The SMILES string of the molecule is CCCC(=O)C(CS)NC(=O)CCC(N)OC=O. The number of hydrogen-bond acceptors (Lipinski definition) is 6. The van der Waals surface area contributed by atoms with Gasteiger partial charge in [0.1, 0.15) is 0 Å². The van der Waals surface area contributed by atoms with Gasteiger partial charge in [0, 0.05) is 25.0 Å². The van der Waals surface area contributed by atoms with Crippen LogP contribution in [-0.4, -0.2) is 36.2 Å². The lowest BCUT2D eigenvalue weighted by Gasteiger charge is -2.16. The predicted molar refractivity (Wildman–Crippen MR) is 70.1 cm³/mol. The van der Waals surface area contributed by atoms with Crippen molar-refractivity contribution in [2.75, 3.05) is 5.75 Å². The minimum absolute atomic E-state index is 0.0331. The minimum atomic E-state index is -0.797. The summed E-state index contributed by atoms with van der Waals surface area (Å²) < 4.78 is 4.44. The van der Waals surface area contributed by atoms with Crippen molar-refractivity contribution in [2.24, 2.45) is 5.73 Å². The van der Waals surface area contributed by atoms with E-state index in [0.717, 1.165) is 6.42 Å². The zero-order valence-corrected chi connectivity index (χ0v) is 11.3. The fourth-order valence-electron chi connectivity index (χ4n) is 1.33. The van der Waals surface area contributed by atoms with Crippen LogP contribution < -0.4 is 11.1 Å². The molecule has 3 N–H and O–H groups in total. The molecule has 0 aliphatic heterocycles. The lowest BCUT2D eigenvalue weighted by Crippen LogP contribution is -2.42. The summed E-state index contributed by atoms with van der Waals surface area (Å²) in [5, 5.41) is 2.58. The van der Waals surface area contributed by atoms with Gasteiger partial charge in [-0.2, -0.15) is 12.6 Å². The van der Waals surface area contributed by atoms with Crippen molar-refractivity contribution in [1.82, 2.24) is 5.32 Å². The van der Waals surface area contributed by atoms with Crippen molar-refractivity contribution >= 4 is 30.8 Å². The number of hydrogen-bond donors (Lipinski definition) is 3. The molecule has 1 amide bonds. The van der Waals surface area contributed by atoms with Crippen molar-refractivity contribution in [3.05, 3.63) is 0 Å². The first-order valence-electron chi connectivity index (χ1n) is 5.82. The maximum atomic E-state index is 11.6.